The van der Waals surface area contributed by atoms with Crippen molar-refractivity contribution in [1.29, 1.82) is 0 Å². The number of ether oxygens (including phenoxy) is 2. The minimum atomic E-state index is -3.20. The lowest BCUT2D eigenvalue weighted by Crippen LogP contribution is -2.01. The van der Waals surface area contributed by atoms with Gasteiger partial charge in [0.05, 0.1) is 30.5 Å². The number of anilines is 1. The van der Waals surface area contributed by atoms with Crippen LogP contribution < -0.4 is 14.9 Å². The van der Waals surface area contributed by atoms with E-state index >= 15 is 0 Å². The van der Waals surface area contributed by atoms with E-state index in [0.717, 1.165) is 11.3 Å². The first-order chi connectivity index (χ1) is 11.3. The van der Waals surface area contributed by atoms with Gasteiger partial charge in [-0.1, -0.05) is 0 Å². The second-order valence-electron chi connectivity index (χ2n) is 5.18. The number of hydrazone groups is 1. The van der Waals surface area contributed by atoms with Crippen molar-refractivity contribution in [2.75, 3.05) is 25.9 Å². The van der Waals surface area contributed by atoms with Crippen LogP contribution in [0.3, 0.4) is 0 Å². The third-order valence-corrected chi connectivity index (χ3v) is 4.56. The molecule has 0 spiro atoms. The van der Waals surface area contributed by atoms with Gasteiger partial charge in [-0.05, 0) is 49.4 Å². The van der Waals surface area contributed by atoms with Crippen LogP contribution in [0.5, 0.6) is 11.5 Å². The van der Waals surface area contributed by atoms with Gasteiger partial charge in [0.1, 0.15) is 0 Å². The van der Waals surface area contributed by atoms with Gasteiger partial charge < -0.3 is 9.47 Å². The first kappa shape index (κ1) is 17.8. The SMILES string of the molecule is COc1ccc(C(C)=NNc2ccc(S(C)(=O)=O)cc2)cc1OC. The van der Waals surface area contributed by atoms with Gasteiger partial charge in [0.25, 0.3) is 0 Å². The smallest absolute Gasteiger partial charge is 0.175 e. The van der Waals surface area contributed by atoms with E-state index in [0.29, 0.717) is 17.2 Å². The van der Waals surface area contributed by atoms with Gasteiger partial charge >= 0.3 is 0 Å². The lowest BCUT2D eigenvalue weighted by Gasteiger charge is -2.10. The van der Waals surface area contributed by atoms with Crippen molar-refractivity contribution >= 4 is 21.2 Å². The molecule has 0 atom stereocenters. The molecule has 0 radical (unpaired) electrons. The summed E-state index contributed by atoms with van der Waals surface area (Å²) < 4.78 is 33.4. The van der Waals surface area contributed by atoms with Gasteiger partial charge in [-0.15, -0.1) is 0 Å². The van der Waals surface area contributed by atoms with E-state index in [9.17, 15) is 8.42 Å². The largest absolute Gasteiger partial charge is 0.493 e. The Morgan fingerprint density at radius 3 is 2.17 bits per heavy atom. The number of rotatable bonds is 6. The second kappa shape index (κ2) is 7.35. The number of hydrogen-bond donors (Lipinski definition) is 1. The minimum Gasteiger partial charge on any atom is -0.493 e. The molecule has 0 saturated heterocycles. The Hall–Kier alpha value is -2.54. The first-order valence-electron chi connectivity index (χ1n) is 7.18. The molecule has 1 N–H and O–H groups in total. The van der Waals surface area contributed by atoms with Gasteiger partial charge in [0.2, 0.25) is 0 Å². The molecule has 0 unspecified atom stereocenters. The van der Waals surface area contributed by atoms with Gasteiger partial charge in [-0.25, -0.2) is 8.42 Å². The molecule has 0 aliphatic rings. The van der Waals surface area contributed by atoms with Gasteiger partial charge in [-0.3, -0.25) is 5.43 Å². The van der Waals surface area contributed by atoms with Gasteiger partial charge in [0, 0.05) is 11.8 Å². The Kier molecular flexibility index (Phi) is 5.46. The third kappa shape index (κ3) is 4.26. The lowest BCUT2D eigenvalue weighted by atomic mass is 10.1. The van der Waals surface area contributed by atoms with E-state index in [1.54, 1.807) is 38.5 Å². The second-order valence-corrected chi connectivity index (χ2v) is 7.19. The van der Waals surface area contributed by atoms with Crippen molar-refractivity contribution in [1.82, 2.24) is 0 Å². The number of nitrogens with one attached hydrogen (secondary N) is 1. The summed E-state index contributed by atoms with van der Waals surface area (Å²) >= 11 is 0. The summed E-state index contributed by atoms with van der Waals surface area (Å²) in [4.78, 5) is 0.272. The highest BCUT2D eigenvalue weighted by molar-refractivity contribution is 7.90. The molecule has 0 fully saturated rings. The number of nitrogens with zero attached hydrogens (tertiary/aromatic N) is 1. The van der Waals surface area contributed by atoms with Crippen molar-refractivity contribution in [3.05, 3.63) is 48.0 Å². The zero-order chi connectivity index (χ0) is 17.7. The van der Waals surface area contributed by atoms with E-state index < -0.39 is 9.84 Å². The Bertz CT molecular complexity index is 843. The number of hydrogen-bond acceptors (Lipinski definition) is 6. The van der Waals surface area contributed by atoms with Crippen molar-refractivity contribution in [2.45, 2.75) is 11.8 Å². The maximum atomic E-state index is 11.4. The Morgan fingerprint density at radius 2 is 1.62 bits per heavy atom. The summed E-state index contributed by atoms with van der Waals surface area (Å²) in [6, 6.07) is 12.0. The van der Waals surface area contributed by atoms with E-state index in [1.807, 2.05) is 25.1 Å². The number of benzene rings is 2. The molecule has 2 aromatic carbocycles. The van der Waals surface area contributed by atoms with Crippen LogP contribution in [0.15, 0.2) is 52.5 Å². The molecule has 24 heavy (non-hydrogen) atoms. The highest BCUT2D eigenvalue weighted by Gasteiger charge is 2.07. The van der Waals surface area contributed by atoms with E-state index in [1.165, 1.54) is 6.26 Å². The quantitative estimate of drug-likeness (QED) is 0.641. The summed E-state index contributed by atoms with van der Waals surface area (Å²) in [6.45, 7) is 1.86. The van der Waals surface area contributed by atoms with E-state index in [2.05, 4.69) is 10.5 Å². The Balaban J connectivity index is 2.17. The summed E-state index contributed by atoms with van der Waals surface area (Å²) in [5, 5.41) is 4.31. The molecule has 0 amide bonds. The fourth-order valence-corrected chi connectivity index (χ4v) is 2.68. The van der Waals surface area contributed by atoms with Crippen molar-refractivity contribution in [3.63, 3.8) is 0 Å². The molecule has 0 bridgehead atoms. The van der Waals surface area contributed by atoms with Crippen LogP contribution >= 0.6 is 0 Å². The van der Waals surface area contributed by atoms with E-state index in [-0.39, 0.29) is 4.90 Å². The zero-order valence-electron chi connectivity index (χ0n) is 14.0. The topological polar surface area (TPSA) is 77.0 Å². The average Bonchev–Trinajstić information content (AvgIpc) is 2.58. The van der Waals surface area contributed by atoms with Gasteiger partial charge in [-0.2, -0.15) is 5.10 Å². The standard InChI is InChI=1S/C17H20N2O4S/c1-12(13-5-10-16(22-2)17(11-13)23-3)18-19-14-6-8-15(9-7-14)24(4,20)21/h5-11,19H,1-4H3. The molecule has 7 heteroatoms. The van der Waals surface area contributed by atoms with Crippen LogP contribution in [-0.4, -0.2) is 34.6 Å². The van der Waals surface area contributed by atoms with Crippen molar-refractivity contribution in [2.24, 2.45) is 5.10 Å². The molecule has 2 aromatic rings. The monoisotopic (exact) mass is 348 g/mol. The van der Waals surface area contributed by atoms with Crippen LogP contribution in [0, 0.1) is 0 Å². The highest BCUT2D eigenvalue weighted by atomic mass is 32.2. The fourth-order valence-electron chi connectivity index (χ4n) is 2.05. The minimum absolute atomic E-state index is 0.272. The molecule has 128 valence electrons. The van der Waals surface area contributed by atoms with Crippen LogP contribution in [0.25, 0.3) is 0 Å². The van der Waals surface area contributed by atoms with Crippen molar-refractivity contribution < 1.29 is 17.9 Å². The molecule has 0 aromatic heterocycles. The van der Waals surface area contributed by atoms with Crippen molar-refractivity contribution in [3.8, 4) is 11.5 Å². The molecule has 0 heterocycles. The molecular formula is C17H20N2O4S. The highest BCUT2D eigenvalue weighted by Crippen LogP contribution is 2.27. The zero-order valence-corrected chi connectivity index (χ0v) is 14.8. The van der Waals surface area contributed by atoms with Crippen LogP contribution in [0.4, 0.5) is 5.69 Å². The lowest BCUT2D eigenvalue weighted by molar-refractivity contribution is 0.355. The molecule has 0 aliphatic carbocycles. The van der Waals surface area contributed by atoms with Crippen LogP contribution in [0.2, 0.25) is 0 Å². The predicted octanol–water partition coefficient (Wildman–Crippen LogP) is 2.94. The molecular weight excluding hydrogens is 328 g/mol. The predicted molar refractivity (Wildman–Crippen MR) is 94.9 cm³/mol. The molecule has 0 saturated carbocycles. The summed E-state index contributed by atoms with van der Waals surface area (Å²) in [6.07, 6.45) is 1.18. The molecule has 0 aliphatic heterocycles. The van der Waals surface area contributed by atoms with Gasteiger partial charge in [0.15, 0.2) is 21.3 Å². The number of sulfone groups is 1. The molecule has 6 nitrogen and oxygen atoms in total. The third-order valence-electron chi connectivity index (χ3n) is 3.44. The number of methoxy groups -OCH3 is 2. The summed E-state index contributed by atoms with van der Waals surface area (Å²) in [7, 11) is -0.0349. The van der Waals surface area contributed by atoms with Crippen LogP contribution in [0.1, 0.15) is 12.5 Å². The Morgan fingerprint density at radius 1 is 1.00 bits per heavy atom. The average molecular weight is 348 g/mol. The summed E-state index contributed by atoms with van der Waals surface area (Å²) in [5.74, 6) is 1.28. The fraction of sp³-hybridized carbons (Fsp3) is 0.235. The normalized spacial score (nSPS) is 11.9. The Labute approximate surface area is 142 Å². The maximum Gasteiger partial charge on any atom is 0.175 e. The van der Waals surface area contributed by atoms with E-state index in [4.69, 9.17) is 9.47 Å². The molecule has 2 rings (SSSR count). The maximum absolute atomic E-state index is 11.4. The van der Waals surface area contributed by atoms with Crippen LogP contribution in [-0.2, 0) is 9.84 Å². The first-order valence-corrected chi connectivity index (χ1v) is 9.07. The summed E-state index contributed by atoms with van der Waals surface area (Å²) in [5.41, 5.74) is 5.24.